The third kappa shape index (κ3) is 3.31. The van der Waals surface area contributed by atoms with Crippen LogP contribution >= 0.6 is 0 Å². The Morgan fingerprint density at radius 2 is 1.77 bits per heavy atom. The second kappa shape index (κ2) is 3.63. The molecular weight excluding hydrogens is 194 g/mol. The molecule has 0 radical (unpaired) electrons. The number of carbonyl (C=O) groups excluding carboxylic acids is 1. The van der Waals surface area contributed by atoms with Gasteiger partial charge in [-0.3, -0.25) is 9.35 Å². The fourth-order valence-corrected chi connectivity index (χ4v) is 0.735. The molecule has 6 heteroatoms. The summed E-state index contributed by atoms with van der Waals surface area (Å²) in [7, 11) is -4.26. The molecule has 2 N–H and O–H groups in total. The highest BCUT2D eigenvalue weighted by molar-refractivity contribution is 7.87. The first-order chi connectivity index (χ1) is 5.58. The number of amides is 1. The van der Waals surface area contributed by atoms with Gasteiger partial charge in [0.1, 0.15) is 0 Å². The van der Waals surface area contributed by atoms with Gasteiger partial charge in [-0.1, -0.05) is 13.8 Å². The van der Waals surface area contributed by atoms with Gasteiger partial charge in [-0.15, -0.1) is 0 Å². The van der Waals surface area contributed by atoms with E-state index >= 15 is 0 Å². The van der Waals surface area contributed by atoms with Gasteiger partial charge in [-0.2, -0.15) is 8.42 Å². The molecule has 0 aromatic rings. The summed E-state index contributed by atoms with van der Waals surface area (Å²) in [4.78, 5) is 9.49. The average Bonchev–Trinajstić information content (AvgIpc) is 1.83. The maximum atomic E-state index is 11.1. The Labute approximate surface area is 78.3 Å². The van der Waals surface area contributed by atoms with Crippen molar-refractivity contribution >= 4 is 16.0 Å². The molecule has 0 fully saturated rings. The highest BCUT2D eigenvalue weighted by Crippen LogP contribution is 2.11. The maximum Gasteiger partial charge on any atom is 0.288 e. The van der Waals surface area contributed by atoms with Gasteiger partial charge >= 0.3 is 0 Å². The number of carbonyl (C=O) groups is 1. The van der Waals surface area contributed by atoms with E-state index in [0.29, 0.717) is 0 Å². The van der Waals surface area contributed by atoms with Gasteiger partial charge in [-0.25, -0.2) is 0 Å². The van der Waals surface area contributed by atoms with Gasteiger partial charge in [0.2, 0.25) is 5.91 Å². The van der Waals surface area contributed by atoms with Gasteiger partial charge < -0.3 is 5.32 Å². The summed E-state index contributed by atoms with van der Waals surface area (Å²) >= 11 is 0. The Balaban J connectivity index is 4.63. The van der Waals surface area contributed by atoms with Crippen LogP contribution < -0.4 is 5.32 Å². The maximum absolute atomic E-state index is 11.1. The molecule has 0 rings (SSSR count). The van der Waals surface area contributed by atoms with Gasteiger partial charge in [-0.05, 0) is 13.8 Å². The number of nitrogens with one attached hydrogen (secondary N) is 1. The van der Waals surface area contributed by atoms with Crippen LogP contribution in [0, 0.1) is 5.92 Å². The highest BCUT2D eigenvalue weighted by Gasteiger charge is 2.34. The zero-order chi connectivity index (χ0) is 10.9. The molecule has 0 aliphatic carbocycles. The van der Waals surface area contributed by atoms with Crippen LogP contribution in [0.3, 0.4) is 0 Å². The van der Waals surface area contributed by atoms with Crippen LogP contribution in [0.15, 0.2) is 0 Å². The molecule has 0 atom stereocenters. The molecule has 0 unspecified atom stereocenters. The molecule has 0 spiro atoms. The zero-order valence-corrected chi connectivity index (χ0v) is 8.97. The first kappa shape index (κ1) is 12.4. The van der Waals surface area contributed by atoms with Crippen LogP contribution in [0.2, 0.25) is 0 Å². The largest absolute Gasteiger partial charge is 0.335 e. The summed E-state index contributed by atoms with van der Waals surface area (Å²) in [5.74, 6) is -0.733. The zero-order valence-electron chi connectivity index (χ0n) is 8.16. The van der Waals surface area contributed by atoms with Crippen LogP contribution in [-0.4, -0.2) is 23.7 Å². The Kier molecular flexibility index (Phi) is 3.46. The van der Waals surface area contributed by atoms with E-state index in [1.165, 1.54) is 13.8 Å². The van der Waals surface area contributed by atoms with Crippen LogP contribution in [0.4, 0.5) is 0 Å². The monoisotopic (exact) mass is 209 g/mol. The van der Waals surface area contributed by atoms with E-state index in [4.69, 9.17) is 4.55 Å². The van der Waals surface area contributed by atoms with Gasteiger partial charge in [0.25, 0.3) is 10.1 Å². The highest BCUT2D eigenvalue weighted by atomic mass is 32.2. The summed E-state index contributed by atoms with van der Waals surface area (Å²) in [6.07, 6.45) is 0. The molecule has 0 saturated carbocycles. The predicted octanol–water partition coefficient (Wildman–Crippen LogP) is 0.383. The first-order valence-electron chi connectivity index (χ1n) is 3.87. The fraction of sp³-hybridized carbons (Fsp3) is 0.857. The SMILES string of the molecule is CC(C)C(=O)NC(C)(C)S(=O)(=O)O. The van der Waals surface area contributed by atoms with Crippen molar-refractivity contribution in [3.63, 3.8) is 0 Å². The summed E-state index contributed by atoms with van der Waals surface area (Å²) < 4.78 is 30.2. The minimum Gasteiger partial charge on any atom is -0.335 e. The van der Waals surface area contributed by atoms with Crippen molar-refractivity contribution in [2.24, 2.45) is 5.92 Å². The van der Waals surface area contributed by atoms with E-state index < -0.39 is 20.9 Å². The van der Waals surface area contributed by atoms with Gasteiger partial charge in [0, 0.05) is 5.92 Å². The molecule has 13 heavy (non-hydrogen) atoms. The molecule has 0 aliphatic heterocycles. The first-order valence-corrected chi connectivity index (χ1v) is 5.31. The third-order valence-electron chi connectivity index (χ3n) is 1.59. The third-order valence-corrected chi connectivity index (χ3v) is 2.99. The number of rotatable bonds is 3. The van der Waals surface area contributed by atoms with Crippen molar-refractivity contribution in [2.75, 3.05) is 0 Å². The van der Waals surface area contributed by atoms with Crippen LogP contribution in [0.5, 0.6) is 0 Å². The molecule has 0 saturated heterocycles. The molecule has 1 amide bonds. The van der Waals surface area contributed by atoms with Crippen LogP contribution in [0.25, 0.3) is 0 Å². The van der Waals surface area contributed by atoms with E-state index in [0.717, 1.165) is 0 Å². The summed E-state index contributed by atoms with van der Waals surface area (Å²) in [6.45, 7) is 5.72. The number of hydrogen-bond acceptors (Lipinski definition) is 3. The lowest BCUT2D eigenvalue weighted by Gasteiger charge is -2.23. The normalized spacial score (nSPS) is 13.1. The molecule has 0 aromatic carbocycles. The quantitative estimate of drug-likeness (QED) is 0.658. The molecule has 78 valence electrons. The fourth-order valence-electron chi connectivity index (χ4n) is 0.506. The topological polar surface area (TPSA) is 83.5 Å². The Morgan fingerprint density at radius 1 is 1.38 bits per heavy atom. The van der Waals surface area contributed by atoms with E-state index in [1.807, 2.05) is 0 Å². The van der Waals surface area contributed by atoms with E-state index in [-0.39, 0.29) is 5.92 Å². The van der Waals surface area contributed by atoms with Crippen LogP contribution in [0.1, 0.15) is 27.7 Å². The Morgan fingerprint density at radius 3 is 2.00 bits per heavy atom. The van der Waals surface area contributed by atoms with Crippen molar-refractivity contribution < 1.29 is 17.8 Å². The molecule has 0 aromatic heterocycles. The Hall–Kier alpha value is -0.620. The second-order valence-electron chi connectivity index (χ2n) is 3.63. The average molecular weight is 209 g/mol. The molecular formula is C7H15NO4S. The number of hydrogen-bond donors (Lipinski definition) is 2. The lowest BCUT2D eigenvalue weighted by Crippen LogP contribution is -2.50. The van der Waals surface area contributed by atoms with Crippen molar-refractivity contribution in [3.05, 3.63) is 0 Å². The Bertz CT molecular complexity index is 292. The minimum atomic E-state index is -4.26. The second-order valence-corrected chi connectivity index (χ2v) is 5.60. The van der Waals surface area contributed by atoms with Crippen LogP contribution in [-0.2, 0) is 14.9 Å². The summed E-state index contributed by atoms with van der Waals surface area (Å²) in [5, 5.41) is 2.22. The van der Waals surface area contributed by atoms with Crippen molar-refractivity contribution in [1.29, 1.82) is 0 Å². The minimum absolute atomic E-state index is 0.318. The van der Waals surface area contributed by atoms with Crippen molar-refractivity contribution in [3.8, 4) is 0 Å². The van der Waals surface area contributed by atoms with Crippen molar-refractivity contribution in [1.82, 2.24) is 5.32 Å². The lowest BCUT2D eigenvalue weighted by molar-refractivity contribution is -0.124. The standard InChI is InChI=1S/C7H15NO4S/c1-5(2)6(9)8-7(3,4)13(10,11)12/h5H,1-4H3,(H,8,9)(H,10,11,12). The summed E-state index contributed by atoms with van der Waals surface area (Å²) in [6, 6.07) is 0. The van der Waals surface area contributed by atoms with E-state index in [1.54, 1.807) is 13.8 Å². The lowest BCUT2D eigenvalue weighted by atomic mass is 10.2. The smallest absolute Gasteiger partial charge is 0.288 e. The molecule has 5 nitrogen and oxygen atoms in total. The van der Waals surface area contributed by atoms with E-state index in [9.17, 15) is 13.2 Å². The van der Waals surface area contributed by atoms with Crippen molar-refractivity contribution in [2.45, 2.75) is 32.6 Å². The predicted molar refractivity (Wildman–Crippen MR) is 48.6 cm³/mol. The molecule has 0 aliphatic rings. The summed E-state index contributed by atoms with van der Waals surface area (Å²) in [5.41, 5.74) is 0. The van der Waals surface area contributed by atoms with Gasteiger partial charge in [0.15, 0.2) is 4.87 Å². The van der Waals surface area contributed by atoms with E-state index in [2.05, 4.69) is 5.32 Å². The van der Waals surface area contributed by atoms with Gasteiger partial charge in [0.05, 0.1) is 0 Å². The molecule has 0 bridgehead atoms. The molecule has 0 heterocycles.